The largest absolute Gasteiger partial charge is 0.353 e. The number of pyridine rings is 1. The minimum atomic E-state index is -0.0474. The molecule has 8 heteroatoms. The highest BCUT2D eigenvalue weighted by atomic mass is 32.1. The third-order valence-corrected chi connectivity index (χ3v) is 5.22. The number of anilines is 2. The monoisotopic (exact) mass is 384 g/mol. The van der Waals surface area contributed by atoms with E-state index in [1.807, 2.05) is 5.38 Å². The van der Waals surface area contributed by atoms with Crippen molar-refractivity contribution in [2.45, 2.75) is 26.2 Å². The van der Waals surface area contributed by atoms with Crippen molar-refractivity contribution in [3.8, 4) is 6.07 Å². The van der Waals surface area contributed by atoms with Crippen LogP contribution in [0.15, 0.2) is 23.7 Å². The number of carbonyl (C=O) groups is 1. The van der Waals surface area contributed by atoms with Crippen molar-refractivity contribution in [3.63, 3.8) is 0 Å². The molecule has 0 aromatic carbocycles. The first kappa shape index (κ1) is 19.3. The molecule has 0 aliphatic carbocycles. The number of hydrogen-bond donors (Lipinski definition) is 1. The van der Waals surface area contributed by atoms with E-state index in [1.54, 1.807) is 18.3 Å². The second-order valence-corrected chi connectivity index (χ2v) is 8.44. The normalized spacial score (nSPS) is 15.4. The molecule has 3 heterocycles. The fourth-order valence-electron chi connectivity index (χ4n) is 2.89. The van der Waals surface area contributed by atoms with Gasteiger partial charge >= 0.3 is 0 Å². The zero-order valence-electron chi connectivity index (χ0n) is 15.9. The zero-order valence-corrected chi connectivity index (χ0v) is 16.7. The van der Waals surface area contributed by atoms with Crippen LogP contribution in [0.25, 0.3) is 0 Å². The fraction of sp³-hybridized carbons (Fsp3) is 0.474. The van der Waals surface area contributed by atoms with Gasteiger partial charge in [0.2, 0.25) is 5.91 Å². The second kappa shape index (κ2) is 8.03. The Bertz CT molecular complexity index is 842. The van der Waals surface area contributed by atoms with Crippen LogP contribution in [-0.2, 0) is 10.2 Å². The molecule has 1 amide bonds. The van der Waals surface area contributed by atoms with Gasteiger partial charge in [-0.15, -0.1) is 11.3 Å². The van der Waals surface area contributed by atoms with Crippen LogP contribution in [0.3, 0.4) is 0 Å². The Morgan fingerprint density at radius 1 is 1.33 bits per heavy atom. The van der Waals surface area contributed by atoms with Crippen LogP contribution in [0.1, 0.15) is 32.0 Å². The Morgan fingerprint density at radius 3 is 2.70 bits per heavy atom. The lowest BCUT2D eigenvalue weighted by Crippen LogP contribution is -2.49. The van der Waals surface area contributed by atoms with E-state index in [0.29, 0.717) is 17.2 Å². The maximum Gasteiger partial charge on any atom is 0.240 e. The molecular formula is C19H24N6OS. The first-order valence-corrected chi connectivity index (χ1v) is 9.83. The van der Waals surface area contributed by atoms with Gasteiger partial charge in [0.15, 0.2) is 5.13 Å². The van der Waals surface area contributed by atoms with Gasteiger partial charge in [0, 0.05) is 43.2 Å². The molecule has 27 heavy (non-hydrogen) atoms. The van der Waals surface area contributed by atoms with Gasteiger partial charge in [-0.1, -0.05) is 20.8 Å². The third kappa shape index (κ3) is 4.81. The number of nitrogens with zero attached hydrogens (tertiary/aromatic N) is 5. The minimum Gasteiger partial charge on any atom is -0.353 e. The Labute approximate surface area is 163 Å². The first-order chi connectivity index (χ1) is 12.9. The van der Waals surface area contributed by atoms with Crippen molar-refractivity contribution in [3.05, 3.63) is 35.0 Å². The number of aromatic nitrogens is 2. The molecule has 0 radical (unpaired) electrons. The lowest BCUT2D eigenvalue weighted by Gasteiger charge is -2.35. The summed E-state index contributed by atoms with van der Waals surface area (Å²) in [7, 11) is 0. The predicted octanol–water partition coefficient (Wildman–Crippen LogP) is 2.47. The predicted molar refractivity (Wildman–Crippen MR) is 107 cm³/mol. The summed E-state index contributed by atoms with van der Waals surface area (Å²) in [5, 5.41) is 14.8. The topological polar surface area (TPSA) is 85.2 Å². The van der Waals surface area contributed by atoms with E-state index in [2.05, 4.69) is 51.9 Å². The van der Waals surface area contributed by atoms with Crippen molar-refractivity contribution in [2.24, 2.45) is 0 Å². The molecule has 2 aromatic rings. The van der Waals surface area contributed by atoms with E-state index in [0.717, 1.165) is 37.7 Å². The summed E-state index contributed by atoms with van der Waals surface area (Å²) < 4.78 is 0. The smallest absolute Gasteiger partial charge is 0.240 e. The van der Waals surface area contributed by atoms with Crippen LogP contribution in [0.4, 0.5) is 10.9 Å². The van der Waals surface area contributed by atoms with Gasteiger partial charge in [0.25, 0.3) is 0 Å². The van der Waals surface area contributed by atoms with Crippen LogP contribution in [0.2, 0.25) is 0 Å². The molecule has 0 saturated carbocycles. The van der Waals surface area contributed by atoms with Crippen LogP contribution >= 0.6 is 11.3 Å². The van der Waals surface area contributed by atoms with E-state index >= 15 is 0 Å². The molecule has 1 aliphatic heterocycles. The molecule has 142 valence electrons. The summed E-state index contributed by atoms with van der Waals surface area (Å²) in [6.07, 6.45) is 1.70. The van der Waals surface area contributed by atoms with Crippen LogP contribution < -0.4 is 10.2 Å². The van der Waals surface area contributed by atoms with Crippen molar-refractivity contribution >= 4 is 28.2 Å². The summed E-state index contributed by atoms with van der Waals surface area (Å²) in [4.78, 5) is 25.4. The number of rotatable bonds is 4. The van der Waals surface area contributed by atoms with Crippen LogP contribution in [0, 0.1) is 11.3 Å². The van der Waals surface area contributed by atoms with Crippen LogP contribution in [0.5, 0.6) is 0 Å². The lowest BCUT2D eigenvalue weighted by molar-refractivity contribution is -0.117. The second-order valence-electron chi connectivity index (χ2n) is 7.59. The summed E-state index contributed by atoms with van der Waals surface area (Å²) in [6.45, 7) is 9.63. The molecule has 1 aliphatic rings. The molecule has 0 atom stereocenters. The molecular weight excluding hydrogens is 360 g/mol. The van der Waals surface area contributed by atoms with Gasteiger partial charge in [-0.25, -0.2) is 9.97 Å². The van der Waals surface area contributed by atoms with Gasteiger partial charge in [-0.2, -0.15) is 5.26 Å². The molecule has 0 bridgehead atoms. The van der Waals surface area contributed by atoms with E-state index in [9.17, 15) is 10.1 Å². The highest BCUT2D eigenvalue weighted by molar-refractivity contribution is 7.13. The van der Waals surface area contributed by atoms with Gasteiger partial charge in [-0.3, -0.25) is 9.69 Å². The molecule has 2 aromatic heterocycles. The number of nitrogens with one attached hydrogen (secondary N) is 1. The fourth-order valence-corrected chi connectivity index (χ4v) is 3.84. The van der Waals surface area contributed by atoms with Gasteiger partial charge in [0.1, 0.15) is 11.9 Å². The number of hydrogen-bond acceptors (Lipinski definition) is 7. The van der Waals surface area contributed by atoms with E-state index in [4.69, 9.17) is 0 Å². The SMILES string of the molecule is CC(C)(C)c1csc(NC(=O)CN2CCN(c3ncccc3C#N)CC2)n1. The van der Waals surface area contributed by atoms with E-state index < -0.39 is 0 Å². The Morgan fingerprint density at radius 2 is 2.07 bits per heavy atom. The highest BCUT2D eigenvalue weighted by Gasteiger charge is 2.22. The standard InChI is InChI=1S/C19H24N6OS/c1-19(2,3)15-13-27-18(22-15)23-16(26)12-24-7-9-25(10-8-24)17-14(11-20)5-4-6-21-17/h4-6,13H,7-10,12H2,1-3H3,(H,22,23,26). The molecule has 3 rings (SSSR count). The third-order valence-electron chi connectivity index (χ3n) is 4.47. The van der Waals surface area contributed by atoms with Crippen molar-refractivity contribution < 1.29 is 4.79 Å². The van der Waals surface area contributed by atoms with E-state index in [-0.39, 0.29) is 11.3 Å². The average Bonchev–Trinajstić information content (AvgIpc) is 3.11. The number of nitriles is 1. The lowest BCUT2D eigenvalue weighted by atomic mass is 9.93. The van der Waals surface area contributed by atoms with E-state index in [1.165, 1.54) is 11.3 Å². The maximum atomic E-state index is 12.3. The molecule has 1 N–H and O–H groups in total. The van der Waals surface area contributed by atoms with Gasteiger partial charge in [0.05, 0.1) is 17.8 Å². The molecule has 7 nitrogen and oxygen atoms in total. The summed E-state index contributed by atoms with van der Waals surface area (Å²) in [5.41, 5.74) is 1.55. The van der Waals surface area contributed by atoms with Crippen molar-refractivity contribution in [1.29, 1.82) is 5.26 Å². The van der Waals surface area contributed by atoms with Crippen molar-refractivity contribution in [2.75, 3.05) is 42.9 Å². The van der Waals surface area contributed by atoms with Gasteiger partial charge < -0.3 is 10.2 Å². The Kier molecular flexibility index (Phi) is 5.73. The Hall–Kier alpha value is -2.50. The maximum absolute atomic E-state index is 12.3. The number of amides is 1. The quantitative estimate of drug-likeness (QED) is 0.872. The summed E-state index contributed by atoms with van der Waals surface area (Å²) >= 11 is 1.46. The average molecular weight is 385 g/mol. The minimum absolute atomic E-state index is 0.0242. The van der Waals surface area contributed by atoms with Gasteiger partial charge in [-0.05, 0) is 12.1 Å². The number of thiazole rings is 1. The van der Waals surface area contributed by atoms with Crippen molar-refractivity contribution in [1.82, 2.24) is 14.9 Å². The number of piperazine rings is 1. The Balaban J connectivity index is 1.51. The molecule has 1 fully saturated rings. The van der Waals surface area contributed by atoms with Crippen LogP contribution in [-0.4, -0.2) is 53.5 Å². The number of carbonyl (C=O) groups excluding carboxylic acids is 1. The first-order valence-electron chi connectivity index (χ1n) is 8.95. The molecule has 0 spiro atoms. The molecule has 0 unspecified atom stereocenters. The summed E-state index contributed by atoms with van der Waals surface area (Å²) in [5.74, 6) is 0.676. The molecule has 1 saturated heterocycles. The highest BCUT2D eigenvalue weighted by Crippen LogP contribution is 2.26. The summed E-state index contributed by atoms with van der Waals surface area (Å²) in [6, 6.07) is 5.74. The zero-order chi connectivity index (χ0) is 19.4.